The summed E-state index contributed by atoms with van der Waals surface area (Å²) in [4.78, 5) is 23.1. The first-order chi connectivity index (χ1) is 14.0. The molecule has 0 bridgehead atoms. The third kappa shape index (κ3) is 3.56. The van der Waals surface area contributed by atoms with Crippen molar-refractivity contribution in [1.82, 2.24) is 0 Å². The molecule has 3 saturated carbocycles. The van der Waals surface area contributed by atoms with Crippen LogP contribution in [0.2, 0.25) is 0 Å². The first-order valence-corrected chi connectivity index (χ1v) is 11.1. The summed E-state index contributed by atoms with van der Waals surface area (Å²) in [6, 6.07) is 0. The van der Waals surface area contributed by atoms with Crippen LogP contribution in [0.25, 0.3) is 0 Å². The van der Waals surface area contributed by atoms with Crippen molar-refractivity contribution in [2.24, 2.45) is 39.2 Å². The Kier molecular flexibility index (Phi) is 6.09. The van der Waals surface area contributed by atoms with Gasteiger partial charge in [-0.2, -0.15) is 0 Å². The molecule has 1 N–H and O–H groups in total. The minimum Gasteiger partial charge on any atom is -0.465 e. The summed E-state index contributed by atoms with van der Waals surface area (Å²) in [6.07, 6.45) is 5.58. The van der Waals surface area contributed by atoms with Crippen LogP contribution >= 0.6 is 0 Å². The summed E-state index contributed by atoms with van der Waals surface area (Å²) >= 11 is 0. The standard InChI is InChI=1S/C24H37NO5/c1-15-7-8-19-22(4,18(15)13-29-16(2)26)11-9-20-23(19,5)12-10-21(25-28)24(20,6)14-30-17(3)27/h18-20,28H,1,7-14H2,2-6H3/b25-21-/t18-,19+,20-,22+,23-,24+/m1/s1. The maximum atomic E-state index is 11.6. The van der Waals surface area contributed by atoms with Gasteiger partial charge >= 0.3 is 11.9 Å². The van der Waals surface area contributed by atoms with Crippen LogP contribution in [0.3, 0.4) is 0 Å². The van der Waals surface area contributed by atoms with E-state index in [1.54, 1.807) is 0 Å². The van der Waals surface area contributed by atoms with Crippen molar-refractivity contribution in [3.63, 3.8) is 0 Å². The summed E-state index contributed by atoms with van der Waals surface area (Å²) in [5, 5.41) is 13.4. The van der Waals surface area contributed by atoms with Crippen molar-refractivity contribution in [2.45, 2.75) is 73.1 Å². The fraction of sp³-hybridized carbons (Fsp3) is 0.792. The van der Waals surface area contributed by atoms with E-state index in [0.29, 0.717) is 18.9 Å². The number of rotatable bonds is 4. The van der Waals surface area contributed by atoms with E-state index in [9.17, 15) is 14.8 Å². The molecule has 6 heteroatoms. The first-order valence-electron chi connectivity index (χ1n) is 11.1. The molecule has 0 saturated heterocycles. The van der Waals surface area contributed by atoms with Crippen LogP contribution in [-0.4, -0.2) is 36.1 Å². The molecule has 0 aromatic rings. The molecular weight excluding hydrogens is 382 g/mol. The number of hydrogen-bond donors (Lipinski definition) is 1. The second kappa shape index (κ2) is 8.01. The Morgan fingerprint density at radius 2 is 1.70 bits per heavy atom. The molecule has 0 amide bonds. The molecule has 168 valence electrons. The number of carbonyl (C=O) groups is 2. The van der Waals surface area contributed by atoms with Gasteiger partial charge in [-0.15, -0.1) is 0 Å². The van der Waals surface area contributed by atoms with Crippen LogP contribution in [0.4, 0.5) is 0 Å². The highest BCUT2D eigenvalue weighted by Gasteiger charge is 2.64. The van der Waals surface area contributed by atoms with Crippen molar-refractivity contribution < 1.29 is 24.3 Å². The van der Waals surface area contributed by atoms with Crippen molar-refractivity contribution >= 4 is 17.7 Å². The summed E-state index contributed by atoms with van der Waals surface area (Å²) in [6.45, 7) is 14.7. The highest BCUT2D eigenvalue weighted by molar-refractivity contribution is 5.91. The summed E-state index contributed by atoms with van der Waals surface area (Å²) < 4.78 is 10.9. The molecule has 0 spiro atoms. The predicted molar refractivity (Wildman–Crippen MR) is 114 cm³/mol. The molecule has 0 aromatic heterocycles. The zero-order valence-corrected chi connectivity index (χ0v) is 19.1. The molecule has 3 aliphatic carbocycles. The average Bonchev–Trinajstić information content (AvgIpc) is 2.65. The summed E-state index contributed by atoms with van der Waals surface area (Å²) in [5.74, 6) is 0.292. The van der Waals surface area contributed by atoms with E-state index in [0.717, 1.165) is 37.8 Å². The molecule has 3 aliphatic rings. The number of oxime groups is 1. The van der Waals surface area contributed by atoms with E-state index >= 15 is 0 Å². The summed E-state index contributed by atoms with van der Waals surface area (Å²) in [5.41, 5.74) is 1.48. The van der Waals surface area contributed by atoms with E-state index < -0.39 is 5.41 Å². The lowest BCUT2D eigenvalue weighted by Crippen LogP contribution is -2.62. The third-order valence-electron chi connectivity index (χ3n) is 8.88. The average molecular weight is 420 g/mol. The van der Waals surface area contributed by atoms with E-state index in [1.807, 2.05) is 0 Å². The predicted octanol–water partition coefficient (Wildman–Crippen LogP) is 4.75. The molecule has 0 radical (unpaired) electrons. The van der Waals surface area contributed by atoms with Crippen LogP contribution in [-0.2, 0) is 19.1 Å². The van der Waals surface area contributed by atoms with Gasteiger partial charge in [-0.25, -0.2) is 0 Å². The number of hydrogen-bond acceptors (Lipinski definition) is 6. The lowest BCUT2D eigenvalue weighted by atomic mass is 9.39. The molecular formula is C24H37NO5. The van der Waals surface area contributed by atoms with Crippen molar-refractivity contribution in [2.75, 3.05) is 13.2 Å². The van der Waals surface area contributed by atoms with Gasteiger partial charge in [0.2, 0.25) is 0 Å². The number of esters is 2. The van der Waals surface area contributed by atoms with Gasteiger partial charge < -0.3 is 14.7 Å². The summed E-state index contributed by atoms with van der Waals surface area (Å²) in [7, 11) is 0. The number of carbonyl (C=O) groups excluding carboxylic acids is 2. The second-order valence-corrected chi connectivity index (χ2v) is 10.5. The smallest absolute Gasteiger partial charge is 0.302 e. The van der Waals surface area contributed by atoms with Gasteiger partial charge in [0.1, 0.15) is 6.61 Å². The molecule has 3 fully saturated rings. The first kappa shape index (κ1) is 22.8. The highest BCUT2D eigenvalue weighted by Crippen LogP contribution is 2.68. The Balaban J connectivity index is 1.97. The monoisotopic (exact) mass is 419 g/mol. The quantitative estimate of drug-likeness (QED) is 0.308. The van der Waals surface area contributed by atoms with Gasteiger partial charge in [0, 0.05) is 25.2 Å². The zero-order valence-electron chi connectivity index (χ0n) is 19.1. The maximum absolute atomic E-state index is 11.6. The Hall–Kier alpha value is -1.85. The van der Waals surface area contributed by atoms with Gasteiger partial charge in [0.05, 0.1) is 12.3 Å². The normalized spacial score (nSPS) is 42.2. The fourth-order valence-electron chi connectivity index (χ4n) is 7.38. The topological polar surface area (TPSA) is 85.2 Å². The minimum atomic E-state index is -0.478. The molecule has 0 aromatic carbocycles. The van der Waals surface area contributed by atoms with E-state index in [2.05, 4.69) is 32.5 Å². The van der Waals surface area contributed by atoms with E-state index in [4.69, 9.17) is 9.47 Å². The Morgan fingerprint density at radius 1 is 1.03 bits per heavy atom. The van der Waals surface area contributed by atoms with Crippen LogP contribution in [0.5, 0.6) is 0 Å². The van der Waals surface area contributed by atoms with Gasteiger partial charge in [0.25, 0.3) is 0 Å². The molecule has 3 rings (SSSR count). The van der Waals surface area contributed by atoms with Crippen molar-refractivity contribution in [1.29, 1.82) is 0 Å². The number of fused-ring (bicyclic) bond motifs is 3. The number of ether oxygens (including phenoxy) is 2. The zero-order chi connectivity index (χ0) is 22.3. The highest BCUT2D eigenvalue weighted by atomic mass is 16.5. The van der Waals surface area contributed by atoms with Crippen LogP contribution in [0.15, 0.2) is 17.3 Å². The van der Waals surface area contributed by atoms with Crippen molar-refractivity contribution in [3.8, 4) is 0 Å². The van der Waals surface area contributed by atoms with Gasteiger partial charge in [-0.3, -0.25) is 9.59 Å². The maximum Gasteiger partial charge on any atom is 0.302 e. The van der Waals surface area contributed by atoms with E-state index in [1.165, 1.54) is 19.4 Å². The molecule has 6 atom stereocenters. The third-order valence-corrected chi connectivity index (χ3v) is 8.88. The fourth-order valence-corrected chi connectivity index (χ4v) is 7.38. The molecule has 6 nitrogen and oxygen atoms in total. The Bertz CT molecular complexity index is 761. The largest absolute Gasteiger partial charge is 0.465 e. The van der Waals surface area contributed by atoms with Gasteiger partial charge in [-0.05, 0) is 61.2 Å². The lowest BCUT2D eigenvalue weighted by Gasteiger charge is -2.65. The van der Waals surface area contributed by atoms with E-state index in [-0.39, 0.29) is 41.2 Å². The lowest BCUT2D eigenvalue weighted by molar-refractivity contribution is -0.164. The second-order valence-electron chi connectivity index (χ2n) is 10.5. The Labute approximate surface area is 180 Å². The van der Waals surface area contributed by atoms with Gasteiger partial charge in [0.15, 0.2) is 0 Å². The van der Waals surface area contributed by atoms with Crippen LogP contribution in [0, 0.1) is 34.0 Å². The number of nitrogens with zero attached hydrogens (tertiary/aromatic N) is 1. The van der Waals surface area contributed by atoms with Crippen LogP contribution < -0.4 is 0 Å². The molecule has 0 heterocycles. The molecule has 30 heavy (non-hydrogen) atoms. The van der Waals surface area contributed by atoms with Gasteiger partial charge in [-0.1, -0.05) is 38.1 Å². The SMILES string of the molecule is C=C1CC[C@H]2[C@@](C)(CC[C@@H]3[C@]2(C)CC/C(=N/O)[C@@]3(C)COC(C)=O)[C@@H]1COC(C)=O. The van der Waals surface area contributed by atoms with Crippen molar-refractivity contribution in [3.05, 3.63) is 12.2 Å². The molecule has 0 aliphatic heterocycles. The Morgan fingerprint density at radius 3 is 2.30 bits per heavy atom. The minimum absolute atomic E-state index is 0.00619. The molecule has 0 unspecified atom stereocenters. The van der Waals surface area contributed by atoms with Crippen LogP contribution in [0.1, 0.15) is 73.1 Å².